The third-order valence-corrected chi connectivity index (χ3v) is 5.06. The largest absolute Gasteiger partial charge is 0.368 e. The number of rotatable bonds is 3. The van der Waals surface area contributed by atoms with E-state index in [1.807, 2.05) is 0 Å². The quantitative estimate of drug-likeness (QED) is 0.785. The van der Waals surface area contributed by atoms with Crippen molar-refractivity contribution in [1.29, 1.82) is 0 Å². The highest BCUT2D eigenvalue weighted by molar-refractivity contribution is 5.83. The maximum atomic E-state index is 5.74. The first-order valence-electron chi connectivity index (χ1n) is 7.63. The zero-order valence-electron chi connectivity index (χ0n) is 12.2. The predicted octanol–water partition coefficient (Wildman–Crippen LogP) is 1.22. The normalized spacial score (nSPS) is 29.1. The van der Waals surface area contributed by atoms with Gasteiger partial charge in [0.1, 0.15) is 5.52 Å². The third kappa shape index (κ3) is 2.21. The number of anilines is 2. The van der Waals surface area contributed by atoms with Crippen LogP contribution in [0.3, 0.4) is 0 Å². The van der Waals surface area contributed by atoms with Crippen LogP contribution < -0.4 is 11.1 Å². The zero-order chi connectivity index (χ0) is 14.4. The van der Waals surface area contributed by atoms with Crippen molar-refractivity contribution in [2.75, 3.05) is 24.6 Å². The van der Waals surface area contributed by atoms with Gasteiger partial charge in [-0.25, -0.2) is 4.98 Å². The fraction of sp³-hybridized carbons (Fsp3) is 0.643. The number of fused-ring (bicyclic) bond motifs is 3. The van der Waals surface area contributed by atoms with Crippen LogP contribution in [0, 0.1) is 5.92 Å². The van der Waals surface area contributed by atoms with Crippen molar-refractivity contribution in [3.05, 3.63) is 6.33 Å². The van der Waals surface area contributed by atoms with E-state index in [1.54, 1.807) is 6.33 Å². The van der Waals surface area contributed by atoms with Crippen molar-refractivity contribution in [3.63, 3.8) is 0 Å². The van der Waals surface area contributed by atoms with Crippen molar-refractivity contribution < 1.29 is 0 Å². The lowest BCUT2D eigenvalue weighted by Crippen LogP contribution is -2.41. The average molecular weight is 287 g/mol. The van der Waals surface area contributed by atoms with Crippen molar-refractivity contribution >= 4 is 22.9 Å². The summed E-state index contributed by atoms with van der Waals surface area (Å²) in [6.07, 6.45) is 6.87. The average Bonchev–Trinajstić information content (AvgIpc) is 2.98. The first-order chi connectivity index (χ1) is 10.2. The summed E-state index contributed by atoms with van der Waals surface area (Å²) in [5.41, 5.74) is 7.19. The molecule has 7 nitrogen and oxygen atoms in total. The molecule has 2 aliphatic heterocycles. The molecule has 2 saturated heterocycles. The number of nitrogen functional groups attached to an aromatic ring is 1. The van der Waals surface area contributed by atoms with E-state index >= 15 is 0 Å². The number of imidazole rings is 1. The number of hydrogen-bond donors (Lipinski definition) is 3. The Hall–Kier alpha value is -1.89. The van der Waals surface area contributed by atoms with Gasteiger partial charge in [-0.3, -0.25) is 0 Å². The Bertz CT molecular complexity index is 638. The Kier molecular flexibility index (Phi) is 2.95. The van der Waals surface area contributed by atoms with Gasteiger partial charge in [0.25, 0.3) is 0 Å². The highest BCUT2D eigenvalue weighted by Gasteiger charge is 2.38. The second-order valence-corrected chi connectivity index (χ2v) is 6.30. The van der Waals surface area contributed by atoms with E-state index in [9.17, 15) is 0 Å². The van der Waals surface area contributed by atoms with Gasteiger partial charge < -0.3 is 20.9 Å². The molecular weight excluding hydrogens is 266 g/mol. The number of nitrogens with one attached hydrogen (secondary N) is 2. The van der Waals surface area contributed by atoms with E-state index in [-0.39, 0.29) is 5.95 Å². The lowest BCUT2D eigenvalue weighted by atomic mass is 9.91. The van der Waals surface area contributed by atoms with E-state index in [4.69, 9.17) is 5.73 Å². The van der Waals surface area contributed by atoms with Crippen LogP contribution in [0.1, 0.15) is 25.7 Å². The summed E-state index contributed by atoms with van der Waals surface area (Å²) in [7, 11) is 2.27. The van der Waals surface area contributed by atoms with E-state index in [2.05, 4.69) is 37.2 Å². The van der Waals surface area contributed by atoms with Crippen LogP contribution >= 0.6 is 0 Å². The van der Waals surface area contributed by atoms with Crippen molar-refractivity contribution in [3.8, 4) is 0 Å². The molecule has 7 heteroatoms. The summed E-state index contributed by atoms with van der Waals surface area (Å²) in [6, 6.07) is 1.52. The van der Waals surface area contributed by atoms with Crippen LogP contribution in [0.5, 0.6) is 0 Å². The third-order valence-electron chi connectivity index (χ3n) is 5.06. The molecule has 112 valence electrons. The summed E-state index contributed by atoms with van der Waals surface area (Å²) in [4.78, 5) is 18.2. The maximum absolute atomic E-state index is 5.74. The van der Waals surface area contributed by atoms with E-state index in [0.29, 0.717) is 11.6 Å². The molecule has 0 radical (unpaired) electrons. The minimum absolute atomic E-state index is 0.264. The molecule has 2 unspecified atom stereocenters. The van der Waals surface area contributed by atoms with Crippen LogP contribution in [-0.4, -0.2) is 50.5 Å². The van der Waals surface area contributed by atoms with Gasteiger partial charge in [-0.2, -0.15) is 9.97 Å². The molecule has 0 aliphatic carbocycles. The Morgan fingerprint density at radius 3 is 2.86 bits per heavy atom. The van der Waals surface area contributed by atoms with E-state index in [1.165, 1.54) is 25.7 Å². The molecule has 2 aromatic rings. The van der Waals surface area contributed by atoms with Crippen LogP contribution in [0.2, 0.25) is 0 Å². The molecule has 2 fully saturated rings. The highest BCUT2D eigenvalue weighted by atomic mass is 15.2. The minimum Gasteiger partial charge on any atom is -0.368 e. The first-order valence-corrected chi connectivity index (χ1v) is 7.63. The molecule has 2 atom stereocenters. The van der Waals surface area contributed by atoms with Crippen molar-refractivity contribution in [1.82, 2.24) is 24.8 Å². The number of nitrogens with zero attached hydrogens (tertiary/aromatic N) is 4. The number of nitrogens with two attached hydrogens (primary N) is 1. The second kappa shape index (κ2) is 4.84. The lowest BCUT2D eigenvalue weighted by Gasteiger charge is -2.36. The fourth-order valence-electron chi connectivity index (χ4n) is 3.91. The monoisotopic (exact) mass is 287 g/mol. The number of hydrogen-bond acceptors (Lipinski definition) is 6. The molecule has 2 bridgehead atoms. The molecule has 21 heavy (non-hydrogen) atoms. The molecule has 0 amide bonds. The van der Waals surface area contributed by atoms with Crippen molar-refractivity contribution in [2.24, 2.45) is 5.92 Å². The van der Waals surface area contributed by atoms with Gasteiger partial charge in [0, 0.05) is 18.6 Å². The zero-order valence-corrected chi connectivity index (χ0v) is 12.2. The summed E-state index contributed by atoms with van der Waals surface area (Å²) in [5.74, 6) is 1.73. The number of aromatic amines is 1. The van der Waals surface area contributed by atoms with Gasteiger partial charge >= 0.3 is 0 Å². The Labute approximate surface area is 123 Å². The van der Waals surface area contributed by atoms with Crippen LogP contribution in [-0.2, 0) is 0 Å². The Morgan fingerprint density at radius 1 is 1.33 bits per heavy atom. The second-order valence-electron chi connectivity index (χ2n) is 6.30. The van der Waals surface area contributed by atoms with Crippen LogP contribution in [0.15, 0.2) is 6.33 Å². The molecule has 2 aliphatic rings. The minimum atomic E-state index is 0.264. The predicted molar refractivity (Wildman–Crippen MR) is 81.9 cm³/mol. The lowest BCUT2D eigenvalue weighted by molar-refractivity contribution is 0.139. The van der Waals surface area contributed by atoms with Crippen LogP contribution in [0.25, 0.3) is 11.2 Å². The fourth-order valence-corrected chi connectivity index (χ4v) is 3.91. The Morgan fingerprint density at radius 2 is 2.10 bits per heavy atom. The van der Waals surface area contributed by atoms with E-state index < -0.39 is 0 Å². The van der Waals surface area contributed by atoms with Crippen LogP contribution in [0.4, 0.5) is 11.8 Å². The molecule has 4 rings (SSSR count). The summed E-state index contributed by atoms with van der Waals surface area (Å²) in [5, 5.41) is 3.45. The van der Waals surface area contributed by atoms with Crippen molar-refractivity contribution in [2.45, 2.75) is 37.8 Å². The SMILES string of the molecule is CN1C2CCC1CC(CNc1nc(N)nc3nc[nH]c13)C2. The van der Waals surface area contributed by atoms with E-state index in [0.717, 1.165) is 30.0 Å². The molecule has 0 aromatic carbocycles. The summed E-state index contributed by atoms with van der Waals surface area (Å²) < 4.78 is 0. The maximum Gasteiger partial charge on any atom is 0.224 e. The van der Waals surface area contributed by atoms with Gasteiger partial charge in [-0.15, -0.1) is 0 Å². The molecule has 0 saturated carbocycles. The van der Waals surface area contributed by atoms with Gasteiger partial charge in [0.15, 0.2) is 11.5 Å². The van der Waals surface area contributed by atoms with Gasteiger partial charge in [-0.1, -0.05) is 0 Å². The standard InChI is InChI=1S/C14H21N7/c1-21-9-2-3-10(21)5-8(4-9)6-16-12-11-13(18-7-17-11)20-14(15)19-12/h7-10H,2-6H2,1H3,(H4,15,16,17,18,19,20). The smallest absolute Gasteiger partial charge is 0.224 e. The topological polar surface area (TPSA) is 95.8 Å². The number of aromatic nitrogens is 4. The molecule has 2 aromatic heterocycles. The first kappa shape index (κ1) is 12.8. The molecular formula is C14H21N7. The summed E-state index contributed by atoms with van der Waals surface area (Å²) >= 11 is 0. The summed E-state index contributed by atoms with van der Waals surface area (Å²) in [6.45, 7) is 0.936. The van der Waals surface area contributed by atoms with Gasteiger partial charge in [-0.05, 0) is 38.6 Å². The molecule has 4 heterocycles. The highest BCUT2D eigenvalue weighted by Crippen LogP contribution is 2.37. The Balaban J connectivity index is 1.48. The van der Waals surface area contributed by atoms with Gasteiger partial charge in [0.2, 0.25) is 5.95 Å². The van der Waals surface area contributed by atoms with Gasteiger partial charge in [0.05, 0.1) is 6.33 Å². The number of piperidine rings is 1. The molecule has 0 spiro atoms. The molecule has 4 N–H and O–H groups in total. The number of H-pyrrole nitrogens is 1.